The van der Waals surface area contributed by atoms with Gasteiger partial charge in [-0.05, 0) is 6.07 Å². The van der Waals surface area contributed by atoms with Crippen molar-refractivity contribution >= 4 is 16.5 Å². The highest BCUT2D eigenvalue weighted by molar-refractivity contribution is 5.87. The first-order valence-corrected chi connectivity index (χ1v) is 4.16. The normalized spacial score (nSPS) is 10.2. The van der Waals surface area contributed by atoms with Gasteiger partial charge in [-0.3, -0.25) is 10.1 Å². The van der Waals surface area contributed by atoms with E-state index < -0.39 is 4.92 Å². The summed E-state index contributed by atoms with van der Waals surface area (Å²) in [6.45, 7) is 0. The number of hydrogen-bond acceptors (Lipinski definition) is 5. The van der Waals surface area contributed by atoms with Crippen LogP contribution in [0, 0.1) is 10.1 Å². The quantitative estimate of drug-likeness (QED) is 0.549. The average Bonchev–Trinajstić information content (AvgIpc) is 2.27. The van der Waals surface area contributed by atoms with Gasteiger partial charge in [-0.15, -0.1) is 5.10 Å². The smallest absolute Gasteiger partial charge is 0.270 e. The lowest BCUT2D eigenvalue weighted by Gasteiger charge is -2.01. The molecule has 6 heteroatoms. The fourth-order valence-corrected chi connectivity index (χ4v) is 1.30. The lowest BCUT2D eigenvalue weighted by molar-refractivity contribution is -0.384. The summed E-state index contributed by atoms with van der Waals surface area (Å²) in [5, 5.41) is 19.4. The van der Waals surface area contributed by atoms with E-state index in [9.17, 15) is 10.1 Å². The van der Waals surface area contributed by atoms with Gasteiger partial charge < -0.3 is 4.74 Å². The number of methoxy groups -OCH3 is 1. The summed E-state index contributed by atoms with van der Waals surface area (Å²) in [6, 6.07) is 4.46. The second-order valence-electron chi connectivity index (χ2n) is 2.88. The molecule has 2 aromatic rings. The van der Waals surface area contributed by atoms with Crippen molar-refractivity contribution in [2.24, 2.45) is 0 Å². The van der Waals surface area contributed by atoms with E-state index in [-0.39, 0.29) is 11.6 Å². The van der Waals surface area contributed by atoms with Gasteiger partial charge in [0.05, 0.1) is 23.6 Å². The molecule has 0 atom stereocenters. The fourth-order valence-electron chi connectivity index (χ4n) is 1.30. The zero-order valence-corrected chi connectivity index (χ0v) is 7.88. The Kier molecular flexibility index (Phi) is 2.17. The van der Waals surface area contributed by atoms with E-state index in [0.29, 0.717) is 5.39 Å². The zero-order chi connectivity index (χ0) is 10.8. The summed E-state index contributed by atoms with van der Waals surface area (Å²) >= 11 is 0. The van der Waals surface area contributed by atoms with Crippen molar-refractivity contribution in [2.75, 3.05) is 7.11 Å². The number of nitro groups is 1. The predicted molar refractivity (Wildman–Crippen MR) is 52.7 cm³/mol. The van der Waals surface area contributed by atoms with Crippen LogP contribution in [0.15, 0.2) is 24.4 Å². The summed E-state index contributed by atoms with van der Waals surface area (Å²) in [5.41, 5.74) is 0.00815. The van der Waals surface area contributed by atoms with E-state index in [2.05, 4.69) is 10.2 Å². The molecule has 0 fully saturated rings. The molecular formula is C9H7N3O3. The maximum Gasteiger partial charge on any atom is 0.270 e. The lowest BCUT2D eigenvalue weighted by Crippen LogP contribution is -1.93. The van der Waals surface area contributed by atoms with Crippen molar-refractivity contribution in [2.45, 2.75) is 0 Å². The summed E-state index contributed by atoms with van der Waals surface area (Å²) in [4.78, 5) is 10.1. The summed E-state index contributed by atoms with van der Waals surface area (Å²) < 4.78 is 4.97. The molecule has 0 N–H and O–H groups in total. The van der Waals surface area contributed by atoms with Crippen molar-refractivity contribution in [3.8, 4) is 5.88 Å². The van der Waals surface area contributed by atoms with Crippen molar-refractivity contribution in [1.29, 1.82) is 0 Å². The largest absolute Gasteiger partial charge is 0.479 e. The zero-order valence-electron chi connectivity index (χ0n) is 7.88. The number of non-ortho nitro benzene ring substituents is 1. The molecule has 0 radical (unpaired) electrons. The molecule has 0 aliphatic rings. The highest BCUT2D eigenvalue weighted by atomic mass is 16.6. The number of ether oxygens (including phenoxy) is 1. The van der Waals surface area contributed by atoms with Crippen LogP contribution in [-0.4, -0.2) is 22.2 Å². The van der Waals surface area contributed by atoms with Gasteiger partial charge in [-0.1, -0.05) is 0 Å². The first-order chi connectivity index (χ1) is 7.22. The summed E-state index contributed by atoms with van der Waals surface area (Å²) in [6.07, 6.45) is 1.53. The van der Waals surface area contributed by atoms with Gasteiger partial charge in [0.25, 0.3) is 5.69 Å². The number of rotatable bonds is 2. The van der Waals surface area contributed by atoms with E-state index in [1.165, 1.54) is 25.4 Å². The third-order valence-electron chi connectivity index (χ3n) is 2.02. The van der Waals surface area contributed by atoms with Crippen LogP contribution in [0.4, 0.5) is 5.69 Å². The number of aromatic nitrogens is 2. The Hall–Kier alpha value is -2.24. The maximum absolute atomic E-state index is 10.6. The van der Waals surface area contributed by atoms with Gasteiger partial charge in [0.2, 0.25) is 5.88 Å². The monoisotopic (exact) mass is 205 g/mol. The first-order valence-electron chi connectivity index (χ1n) is 4.16. The number of hydrogen-bond donors (Lipinski definition) is 0. The molecule has 1 heterocycles. The average molecular weight is 205 g/mol. The van der Waals surface area contributed by atoms with Crippen molar-refractivity contribution in [1.82, 2.24) is 10.2 Å². The Labute approximate surface area is 84.7 Å². The molecule has 0 unspecified atom stereocenters. The predicted octanol–water partition coefficient (Wildman–Crippen LogP) is 1.55. The van der Waals surface area contributed by atoms with Crippen LogP contribution in [0.2, 0.25) is 0 Å². The van der Waals surface area contributed by atoms with Crippen LogP contribution in [0.5, 0.6) is 5.88 Å². The molecule has 15 heavy (non-hydrogen) atoms. The highest BCUT2D eigenvalue weighted by Crippen LogP contribution is 2.25. The topological polar surface area (TPSA) is 78.2 Å². The molecule has 2 rings (SSSR count). The number of benzene rings is 1. The van der Waals surface area contributed by atoms with Gasteiger partial charge in [0, 0.05) is 17.5 Å². The van der Waals surface area contributed by atoms with E-state index >= 15 is 0 Å². The molecule has 0 saturated heterocycles. The summed E-state index contributed by atoms with van der Waals surface area (Å²) in [7, 11) is 1.45. The molecule has 0 spiro atoms. The fraction of sp³-hybridized carbons (Fsp3) is 0.111. The van der Waals surface area contributed by atoms with Crippen LogP contribution in [0.25, 0.3) is 10.8 Å². The van der Waals surface area contributed by atoms with E-state index in [0.717, 1.165) is 5.39 Å². The number of fused-ring (bicyclic) bond motifs is 1. The molecule has 76 valence electrons. The Morgan fingerprint density at radius 2 is 2.27 bits per heavy atom. The van der Waals surface area contributed by atoms with Crippen LogP contribution in [-0.2, 0) is 0 Å². The highest BCUT2D eigenvalue weighted by Gasteiger charge is 2.10. The molecule has 0 aliphatic heterocycles. The minimum absolute atomic E-state index is 0.00815. The maximum atomic E-state index is 10.6. The Balaban J connectivity index is 2.72. The molecule has 6 nitrogen and oxygen atoms in total. The van der Waals surface area contributed by atoms with Crippen LogP contribution in [0.3, 0.4) is 0 Å². The molecule has 0 amide bonds. The second kappa shape index (κ2) is 3.49. The van der Waals surface area contributed by atoms with E-state index in [1.807, 2.05) is 0 Å². The van der Waals surface area contributed by atoms with Gasteiger partial charge >= 0.3 is 0 Å². The Morgan fingerprint density at radius 3 is 2.93 bits per heavy atom. The van der Waals surface area contributed by atoms with Gasteiger partial charge in [-0.2, -0.15) is 5.10 Å². The van der Waals surface area contributed by atoms with Crippen molar-refractivity contribution in [3.63, 3.8) is 0 Å². The third-order valence-corrected chi connectivity index (χ3v) is 2.02. The standard InChI is InChI=1S/C9H7N3O3/c1-15-9-8-4-7(12(13)14)3-2-6(8)5-10-11-9/h2-5H,1H3. The minimum atomic E-state index is -0.459. The van der Waals surface area contributed by atoms with E-state index in [4.69, 9.17) is 4.74 Å². The lowest BCUT2D eigenvalue weighted by atomic mass is 10.2. The number of nitrogens with zero attached hydrogens (tertiary/aromatic N) is 3. The molecule has 0 saturated carbocycles. The van der Waals surface area contributed by atoms with Gasteiger partial charge in [0.15, 0.2) is 0 Å². The molecular weight excluding hydrogens is 198 g/mol. The van der Waals surface area contributed by atoms with Crippen LogP contribution < -0.4 is 4.74 Å². The van der Waals surface area contributed by atoms with Gasteiger partial charge in [-0.25, -0.2) is 0 Å². The third kappa shape index (κ3) is 1.56. The molecule has 0 bridgehead atoms. The van der Waals surface area contributed by atoms with Crippen molar-refractivity contribution in [3.05, 3.63) is 34.5 Å². The van der Waals surface area contributed by atoms with Gasteiger partial charge in [0.1, 0.15) is 0 Å². The minimum Gasteiger partial charge on any atom is -0.479 e. The molecule has 1 aromatic carbocycles. The molecule has 0 aliphatic carbocycles. The summed E-state index contributed by atoms with van der Waals surface area (Å²) in [5.74, 6) is 0.288. The number of nitro benzene ring substituents is 1. The second-order valence-corrected chi connectivity index (χ2v) is 2.88. The molecule has 1 aromatic heterocycles. The Bertz CT molecular complexity index is 527. The Morgan fingerprint density at radius 1 is 1.47 bits per heavy atom. The SMILES string of the molecule is COc1nncc2ccc([N+](=O)[O-])cc12. The van der Waals surface area contributed by atoms with Crippen LogP contribution in [0.1, 0.15) is 0 Å². The van der Waals surface area contributed by atoms with E-state index in [1.54, 1.807) is 6.07 Å². The first kappa shape index (κ1) is 9.32. The van der Waals surface area contributed by atoms with Crippen LogP contribution >= 0.6 is 0 Å². The van der Waals surface area contributed by atoms with Crippen molar-refractivity contribution < 1.29 is 9.66 Å².